The van der Waals surface area contributed by atoms with E-state index in [4.69, 9.17) is 23.7 Å². The molecule has 0 radical (unpaired) electrons. The van der Waals surface area contributed by atoms with E-state index in [1.807, 2.05) is 0 Å². The third-order valence-corrected chi connectivity index (χ3v) is 4.16. The summed E-state index contributed by atoms with van der Waals surface area (Å²) in [6.07, 6.45) is 4.80. The summed E-state index contributed by atoms with van der Waals surface area (Å²) < 4.78 is 26.7. The molecule has 8 heteroatoms. The van der Waals surface area contributed by atoms with Gasteiger partial charge in [-0.05, 0) is 36.6 Å². The molecule has 27 heavy (non-hydrogen) atoms. The Balaban J connectivity index is 1.48. The first kappa shape index (κ1) is 19.0. The molecule has 146 valence electrons. The second-order valence-electron chi connectivity index (χ2n) is 6.13. The molecule has 1 atom stereocenters. The van der Waals surface area contributed by atoms with E-state index in [-0.39, 0.29) is 18.6 Å². The van der Waals surface area contributed by atoms with Gasteiger partial charge in [0.2, 0.25) is 5.75 Å². The highest BCUT2D eigenvalue weighted by Gasteiger charge is 2.18. The molecule has 0 spiro atoms. The Morgan fingerprint density at radius 2 is 2.11 bits per heavy atom. The molecule has 0 aromatic heterocycles. The van der Waals surface area contributed by atoms with Gasteiger partial charge in [-0.1, -0.05) is 0 Å². The Hall–Kier alpha value is -2.74. The standard InChI is InChI=1S/C19H23NO7/c1-23-15-9-13(10-16-19(15)26-8-7-25-16)4-5-18(22)27-12-17(21)20-11-14-3-2-6-24-14/h4-5,9-10,14H,2-3,6-8,11-12H2,1H3,(H,20,21)/b5-4+/t14-/m0/s1. The zero-order valence-corrected chi connectivity index (χ0v) is 15.2. The van der Waals surface area contributed by atoms with Crippen LogP contribution in [0.2, 0.25) is 0 Å². The summed E-state index contributed by atoms with van der Waals surface area (Å²) in [6.45, 7) is 1.74. The van der Waals surface area contributed by atoms with Crippen LogP contribution in [0, 0.1) is 0 Å². The summed E-state index contributed by atoms with van der Waals surface area (Å²) in [5.74, 6) is 0.659. The number of carbonyl (C=O) groups is 2. The predicted octanol–water partition coefficient (Wildman–Crippen LogP) is 1.32. The highest BCUT2D eigenvalue weighted by atomic mass is 16.6. The van der Waals surface area contributed by atoms with Crippen LogP contribution in [0.15, 0.2) is 18.2 Å². The van der Waals surface area contributed by atoms with Gasteiger partial charge >= 0.3 is 5.97 Å². The highest BCUT2D eigenvalue weighted by Crippen LogP contribution is 2.40. The third kappa shape index (κ3) is 5.37. The Morgan fingerprint density at radius 3 is 2.89 bits per heavy atom. The lowest BCUT2D eigenvalue weighted by atomic mass is 10.1. The number of rotatable bonds is 7. The van der Waals surface area contributed by atoms with E-state index in [1.165, 1.54) is 13.2 Å². The molecule has 0 bridgehead atoms. The van der Waals surface area contributed by atoms with E-state index in [9.17, 15) is 9.59 Å². The molecule has 0 saturated carbocycles. The van der Waals surface area contributed by atoms with Crippen LogP contribution in [0.3, 0.4) is 0 Å². The van der Waals surface area contributed by atoms with Crippen molar-refractivity contribution in [3.8, 4) is 17.2 Å². The first-order chi connectivity index (χ1) is 13.2. The molecule has 0 unspecified atom stereocenters. The quantitative estimate of drug-likeness (QED) is 0.566. The van der Waals surface area contributed by atoms with Crippen LogP contribution in [0.25, 0.3) is 6.08 Å². The topological polar surface area (TPSA) is 92.3 Å². The number of esters is 1. The minimum atomic E-state index is -0.615. The predicted molar refractivity (Wildman–Crippen MR) is 96.0 cm³/mol. The zero-order valence-electron chi connectivity index (χ0n) is 15.2. The van der Waals surface area contributed by atoms with Crippen molar-refractivity contribution in [2.45, 2.75) is 18.9 Å². The van der Waals surface area contributed by atoms with Crippen molar-refractivity contribution in [3.63, 3.8) is 0 Å². The minimum Gasteiger partial charge on any atom is -0.493 e. The van der Waals surface area contributed by atoms with Crippen molar-refractivity contribution < 1.29 is 33.3 Å². The van der Waals surface area contributed by atoms with Gasteiger partial charge in [0.15, 0.2) is 18.1 Å². The number of amides is 1. The Labute approximate surface area is 157 Å². The van der Waals surface area contributed by atoms with Crippen LogP contribution in [-0.4, -0.2) is 58.1 Å². The van der Waals surface area contributed by atoms with Gasteiger partial charge in [-0.2, -0.15) is 0 Å². The van der Waals surface area contributed by atoms with Crippen molar-refractivity contribution in [2.24, 2.45) is 0 Å². The average Bonchev–Trinajstić information content (AvgIpc) is 3.22. The Morgan fingerprint density at radius 1 is 1.26 bits per heavy atom. The normalized spacial score (nSPS) is 18.3. The first-order valence-electron chi connectivity index (χ1n) is 8.86. The highest BCUT2D eigenvalue weighted by molar-refractivity contribution is 5.89. The lowest BCUT2D eigenvalue weighted by molar-refractivity contribution is -0.143. The molecule has 0 aliphatic carbocycles. The molecule has 3 rings (SSSR count). The first-order valence-corrected chi connectivity index (χ1v) is 8.86. The molecule has 1 aromatic rings. The Bertz CT molecular complexity index is 693. The van der Waals surface area contributed by atoms with E-state index >= 15 is 0 Å². The maximum atomic E-state index is 11.8. The van der Waals surface area contributed by atoms with Crippen LogP contribution in [0.5, 0.6) is 17.2 Å². The van der Waals surface area contributed by atoms with Crippen LogP contribution >= 0.6 is 0 Å². The molecule has 1 aromatic carbocycles. The largest absolute Gasteiger partial charge is 0.493 e. The van der Waals surface area contributed by atoms with Gasteiger partial charge in [0.05, 0.1) is 13.2 Å². The number of hydrogen-bond donors (Lipinski definition) is 1. The fraction of sp³-hybridized carbons (Fsp3) is 0.474. The lowest BCUT2D eigenvalue weighted by Crippen LogP contribution is -2.34. The number of nitrogens with one attached hydrogen (secondary N) is 1. The number of carbonyl (C=O) groups excluding carboxylic acids is 2. The molecular formula is C19H23NO7. The van der Waals surface area contributed by atoms with Crippen molar-refractivity contribution in [3.05, 3.63) is 23.8 Å². The second-order valence-corrected chi connectivity index (χ2v) is 6.13. The van der Waals surface area contributed by atoms with Crippen LogP contribution in [0.1, 0.15) is 18.4 Å². The monoisotopic (exact) mass is 377 g/mol. The van der Waals surface area contributed by atoms with Crippen molar-refractivity contribution >= 4 is 18.0 Å². The molecule has 2 heterocycles. The van der Waals surface area contributed by atoms with Crippen molar-refractivity contribution in [2.75, 3.05) is 40.1 Å². The lowest BCUT2D eigenvalue weighted by Gasteiger charge is -2.20. The van der Waals surface area contributed by atoms with Gasteiger partial charge in [0.1, 0.15) is 13.2 Å². The maximum absolute atomic E-state index is 11.8. The van der Waals surface area contributed by atoms with Gasteiger partial charge in [-0.15, -0.1) is 0 Å². The molecule has 1 N–H and O–H groups in total. The summed E-state index contributed by atoms with van der Waals surface area (Å²) in [7, 11) is 1.53. The van der Waals surface area contributed by atoms with E-state index in [2.05, 4.69) is 5.32 Å². The maximum Gasteiger partial charge on any atom is 0.331 e. The van der Waals surface area contributed by atoms with Gasteiger partial charge in [0, 0.05) is 19.2 Å². The van der Waals surface area contributed by atoms with Crippen LogP contribution in [-0.2, 0) is 19.1 Å². The number of hydrogen-bond acceptors (Lipinski definition) is 7. The van der Waals surface area contributed by atoms with Gasteiger partial charge in [0.25, 0.3) is 5.91 Å². The summed E-state index contributed by atoms with van der Waals surface area (Å²) in [5.41, 5.74) is 0.691. The van der Waals surface area contributed by atoms with E-state index < -0.39 is 5.97 Å². The fourth-order valence-corrected chi connectivity index (χ4v) is 2.82. The Kier molecular flexibility index (Phi) is 6.54. The van der Waals surface area contributed by atoms with Gasteiger partial charge in [-0.25, -0.2) is 4.79 Å². The van der Waals surface area contributed by atoms with Crippen molar-refractivity contribution in [1.82, 2.24) is 5.32 Å². The van der Waals surface area contributed by atoms with Gasteiger partial charge < -0.3 is 29.0 Å². The summed E-state index contributed by atoms with van der Waals surface area (Å²) in [5, 5.41) is 2.69. The molecular weight excluding hydrogens is 354 g/mol. The molecule has 2 aliphatic rings. The van der Waals surface area contributed by atoms with E-state index in [0.29, 0.717) is 42.6 Å². The average molecular weight is 377 g/mol. The summed E-state index contributed by atoms with van der Waals surface area (Å²) >= 11 is 0. The molecule has 1 saturated heterocycles. The van der Waals surface area contributed by atoms with Crippen molar-refractivity contribution in [1.29, 1.82) is 0 Å². The van der Waals surface area contributed by atoms with E-state index in [1.54, 1.807) is 18.2 Å². The second kappa shape index (κ2) is 9.27. The number of ether oxygens (including phenoxy) is 5. The fourth-order valence-electron chi connectivity index (χ4n) is 2.82. The van der Waals surface area contributed by atoms with E-state index in [0.717, 1.165) is 19.4 Å². The molecule has 2 aliphatic heterocycles. The number of methoxy groups -OCH3 is 1. The summed E-state index contributed by atoms with van der Waals surface area (Å²) in [6, 6.07) is 3.47. The SMILES string of the molecule is COc1cc(/C=C/C(=O)OCC(=O)NC[C@@H]2CCCO2)cc2c1OCCO2. The smallest absolute Gasteiger partial charge is 0.331 e. The summed E-state index contributed by atoms with van der Waals surface area (Å²) in [4.78, 5) is 23.5. The minimum absolute atomic E-state index is 0.0507. The molecule has 8 nitrogen and oxygen atoms in total. The molecule has 1 amide bonds. The van der Waals surface area contributed by atoms with Crippen LogP contribution in [0.4, 0.5) is 0 Å². The van der Waals surface area contributed by atoms with Crippen LogP contribution < -0.4 is 19.5 Å². The molecule has 1 fully saturated rings. The number of benzene rings is 1. The third-order valence-electron chi connectivity index (χ3n) is 4.16. The van der Waals surface area contributed by atoms with Gasteiger partial charge in [-0.3, -0.25) is 4.79 Å². The number of fused-ring (bicyclic) bond motifs is 1. The zero-order chi connectivity index (χ0) is 19.1.